The highest BCUT2D eigenvalue weighted by Gasteiger charge is 2.16. The zero-order valence-electron chi connectivity index (χ0n) is 10.1. The second kappa shape index (κ2) is 5.15. The minimum absolute atomic E-state index is 0.495. The lowest BCUT2D eigenvalue weighted by Gasteiger charge is -2.10. The lowest BCUT2D eigenvalue weighted by Crippen LogP contribution is -2.02. The Morgan fingerprint density at radius 3 is 2.84 bits per heavy atom. The molecule has 0 radical (unpaired) electrons. The van der Waals surface area contributed by atoms with Crippen molar-refractivity contribution in [3.63, 3.8) is 0 Å². The molecule has 96 valence electrons. The van der Waals surface area contributed by atoms with E-state index >= 15 is 0 Å². The molecule has 1 unspecified atom stereocenters. The molecular formula is C15H12BrNO2. The molecule has 4 heteroatoms. The molecule has 0 aliphatic rings. The number of hydrogen-bond donors (Lipinski definition) is 1. The largest absolute Gasteiger partial charge is 0.465 e. The minimum Gasteiger partial charge on any atom is -0.465 e. The molecule has 1 N–H and O–H groups in total. The Kier molecular flexibility index (Phi) is 3.36. The number of furan rings is 1. The third-order valence-corrected chi connectivity index (χ3v) is 3.76. The van der Waals surface area contributed by atoms with E-state index in [-0.39, 0.29) is 0 Å². The number of benzene rings is 1. The van der Waals surface area contributed by atoms with E-state index in [1.165, 1.54) is 0 Å². The zero-order valence-corrected chi connectivity index (χ0v) is 11.7. The number of rotatable bonds is 3. The van der Waals surface area contributed by atoms with Gasteiger partial charge in [0.2, 0.25) is 0 Å². The molecule has 0 aliphatic heterocycles. The first-order valence-corrected chi connectivity index (χ1v) is 6.78. The monoisotopic (exact) mass is 317 g/mol. The van der Waals surface area contributed by atoms with Crippen molar-refractivity contribution in [1.82, 2.24) is 4.98 Å². The number of fused-ring (bicyclic) bond motifs is 1. The minimum atomic E-state index is -0.671. The maximum atomic E-state index is 10.3. The van der Waals surface area contributed by atoms with Gasteiger partial charge in [-0.2, -0.15) is 0 Å². The third-order valence-electron chi connectivity index (χ3n) is 3.10. The van der Waals surface area contributed by atoms with E-state index in [0.29, 0.717) is 12.2 Å². The molecule has 2 aromatic heterocycles. The highest BCUT2D eigenvalue weighted by atomic mass is 79.9. The SMILES string of the molecule is OC(Cc1ccnc2ccccc12)c1occc1Br. The summed E-state index contributed by atoms with van der Waals surface area (Å²) in [4.78, 5) is 4.32. The average molecular weight is 318 g/mol. The van der Waals surface area contributed by atoms with Crippen LogP contribution in [0.2, 0.25) is 0 Å². The smallest absolute Gasteiger partial charge is 0.146 e. The van der Waals surface area contributed by atoms with Crippen molar-refractivity contribution in [2.45, 2.75) is 12.5 Å². The van der Waals surface area contributed by atoms with Crippen LogP contribution < -0.4 is 0 Å². The molecule has 19 heavy (non-hydrogen) atoms. The van der Waals surface area contributed by atoms with Gasteiger partial charge in [0.25, 0.3) is 0 Å². The molecule has 3 nitrogen and oxygen atoms in total. The van der Waals surface area contributed by atoms with Crippen LogP contribution in [0.1, 0.15) is 17.4 Å². The van der Waals surface area contributed by atoms with E-state index in [1.807, 2.05) is 30.3 Å². The van der Waals surface area contributed by atoms with Crippen LogP contribution in [0.4, 0.5) is 0 Å². The van der Waals surface area contributed by atoms with Crippen molar-refractivity contribution >= 4 is 26.8 Å². The molecule has 0 spiro atoms. The molecule has 3 aromatic rings. The number of hydrogen-bond acceptors (Lipinski definition) is 3. The van der Waals surface area contributed by atoms with Crippen LogP contribution in [0.15, 0.2) is 57.7 Å². The summed E-state index contributed by atoms with van der Waals surface area (Å²) in [5.74, 6) is 0.556. The summed E-state index contributed by atoms with van der Waals surface area (Å²) < 4.78 is 6.09. The van der Waals surface area contributed by atoms with E-state index < -0.39 is 6.10 Å². The summed E-state index contributed by atoms with van der Waals surface area (Å²) in [6, 6.07) is 11.6. The van der Waals surface area contributed by atoms with Crippen LogP contribution in [0.3, 0.4) is 0 Å². The van der Waals surface area contributed by atoms with E-state index in [4.69, 9.17) is 4.42 Å². The quantitative estimate of drug-likeness (QED) is 0.797. The van der Waals surface area contributed by atoms with Crippen molar-refractivity contribution in [3.05, 3.63) is 64.7 Å². The molecule has 0 saturated heterocycles. The van der Waals surface area contributed by atoms with Gasteiger partial charge in [-0.15, -0.1) is 0 Å². The van der Waals surface area contributed by atoms with Gasteiger partial charge in [0.05, 0.1) is 16.3 Å². The molecule has 0 aliphatic carbocycles. The Labute approximate surface area is 119 Å². The normalized spacial score (nSPS) is 12.7. The predicted molar refractivity (Wildman–Crippen MR) is 76.8 cm³/mol. The lowest BCUT2D eigenvalue weighted by atomic mass is 10.0. The summed E-state index contributed by atoms with van der Waals surface area (Å²) in [7, 11) is 0. The lowest BCUT2D eigenvalue weighted by molar-refractivity contribution is 0.149. The van der Waals surface area contributed by atoms with Crippen LogP contribution in [-0.2, 0) is 6.42 Å². The standard InChI is InChI=1S/C15H12BrNO2/c16-12-6-8-19-15(12)14(18)9-10-5-7-17-13-4-2-1-3-11(10)13/h1-8,14,18H,9H2. The maximum Gasteiger partial charge on any atom is 0.146 e. The summed E-state index contributed by atoms with van der Waals surface area (Å²) in [5.41, 5.74) is 1.99. The second-order valence-electron chi connectivity index (χ2n) is 4.34. The summed E-state index contributed by atoms with van der Waals surface area (Å²) in [5, 5.41) is 11.3. The Morgan fingerprint density at radius 1 is 1.21 bits per heavy atom. The predicted octanol–water partition coefficient (Wildman–Crippen LogP) is 3.87. The van der Waals surface area contributed by atoms with E-state index in [9.17, 15) is 5.11 Å². The van der Waals surface area contributed by atoms with E-state index in [2.05, 4.69) is 20.9 Å². The third kappa shape index (κ3) is 2.41. The van der Waals surface area contributed by atoms with Crippen molar-refractivity contribution in [1.29, 1.82) is 0 Å². The first kappa shape index (κ1) is 12.4. The fourth-order valence-electron chi connectivity index (χ4n) is 2.18. The number of para-hydroxylation sites is 1. The summed E-state index contributed by atoms with van der Waals surface area (Å²) >= 11 is 3.36. The van der Waals surface area contributed by atoms with Crippen molar-refractivity contribution in [3.8, 4) is 0 Å². The van der Waals surface area contributed by atoms with Gasteiger partial charge in [0.15, 0.2) is 0 Å². The van der Waals surface area contributed by atoms with Crippen molar-refractivity contribution < 1.29 is 9.52 Å². The molecule has 0 bridgehead atoms. The zero-order chi connectivity index (χ0) is 13.2. The van der Waals surface area contributed by atoms with Gasteiger partial charge < -0.3 is 9.52 Å². The van der Waals surface area contributed by atoms with Gasteiger partial charge in [0.1, 0.15) is 11.9 Å². The number of aliphatic hydroxyl groups is 1. The number of aliphatic hydroxyl groups excluding tert-OH is 1. The van der Waals surface area contributed by atoms with Crippen LogP contribution >= 0.6 is 15.9 Å². The molecule has 1 aromatic carbocycles. The number of pyridine rings is 1. The van der Waals surface area contributed by atoms with Gasteiger partial charge in [-0.3, -0.25) is 4.98 Å². The highest BCUT2D eigenvalue weighted by molar-refractivity contribution is 9.10. The number of aromatic nitrogens is 1. The molecule has 3 rings (SSSR count). The van der Waals surface area contributed by atoms with Gasteiger partial charge in [0, 0.05) is 18.0 Å². The van der Waals surface area contributed by atoms with Crippen LogP contribution in [0.25, 0.3) is 10.9 Å². The maximum absolute atomic E-state index is 10.3. The van der Waals surface area contributed by atoms with Crippen LogP contribution in [-0.4, -0.2) is 10.1 Å². The van der Waals surface area contributed by atoms with Crippen LogP contribution in [0, 0.1) is 0 Å². The van der Waals surface area contributed by atoms with Crippen molar-refractivity contribution in [2.24, 2.45) is 0 Å². The first-order valence-electron chi connectivity index (χ1n) is 5.99. The molecular weight excluding hydrogens is 306 g/mol. The average Bonchev–Trinajstić information content (AvgIpc) is 2.85. The van der Waals surface area contributed by atoms with Gasteiger partial charge >= 0.3 is 0 Å². The number of halogens is 1. The van der Waals surface area contributed by atoms with Crippen molar-refractivity contribution in [2.75, 3.05) is 0 Å². The Bertz CT molecular complexity index is 703. The number of nitrogens with zero attached hydrogens (tertiary/aromatic N) is 1. The fourth-order valence-corrected chi connectivity index (χ4v) is 2.64. The second-order valence-corrected chi connectivity index (χ2v) is 5.19. The molecule has 1 atom stereocenters. The molecule has 0 amide bonds. The highest BCUT2D eigenvalue weighted by Crippen LogP contribution is 2.28. The van der Waals surface area contributed by atoms with Gasteiger partial charge in [-0.25, -0.2) is 0 Å². The van der Waals surface area contributed by atoms with E-state index in [1.54, 1.807) is 18.5 Å². The topological polar surface area (TPSA) is 46.3 Å². The Balaban J connectivity index is 1.96. The van der Waals surface area contributed by atoms with Crippen LogP contribution in [0.5, 0.6) is 0 Å². The first-order chi connectivity index (χ1) is 9.25. The summed E-state index contributed by atoms with van der Waals surface area (Å²) in [6.45, 7) is 0. The molecule has 0 saturated carbocycles. The summed E-state index contributed by atoms with van der Waals surface area (Å²) in [6.07, 6.45) is 3.15. The van der Waals surface area contributed by atoms with Gasteiger partial charge in [-0.05, 0) is 39.7 Å². The van der Waals surface area contributed by atoms with E-state index in [0.717, 1.165) is 20.9 Å². The Morgan fingerprint density at radius 2 is 2.05 bits per heavy atom. The fraction of sp³-hybridized carbons (Fsp3) is 0.133. The Hall–Kier alpha value is -1.65. The van der Waals surface area contributed by atoms with Gasteiger partial charge in [-0.1, -0.05) is 18.2 Å². The molecule has 2 heterocycles. The molecule has 0 fully saturated rings.